The summed E-state index contributed by atoms with van der Waals surface area (Å²) in [6, 6.07) is 13.3. The minimum Gasteiger partial charge on any atom is -0.381 e. The van der Waals surface area contributed by atoms with Crippen LogP contribution in [0.5, 0.6) is 0 Å². The molecule has 1 aliphatic rings. The monoisotopic (exact) mass is 522 g/mol. The molecule has 1 fully saturated rings. The highest BCUT2D eigenvalue weighted by Crippen LogP contribution is 2.32. The minimum absolute atomic E-state index is 0.240. The molecular formula is C30H33F3N4O. The highest BCUT2D eigenvalue weighted by molar-refractivity contribution is 5.83. The number of rotatable bonds is 7. The van der Waals surface area contributed by atoms with Crippen LogP contribution >= 0.6 is 0 Å². The van der Waals surface area contributed by atoms with Gasteiger partial charge in [-0.1, -0.05) is 18.9 Å². The zero-order valence-electron chi connectivity index (χ0n) is 22.0. The summed E-state index contributed by atoms with van der Waals surface area (Å²) in [5, 5.41) is 13.1. The maximum atomic E-state index is 13.4. The number of nitriles is 1. The molecule has 1 atom stereocenters. The number of halogens is 3. The molecular weight excluding hydrogens is 489 g/mol. The van der Waals surface area contributed by atoms with Crippen molar-refractivity contribution in [3.8, 4) is 17.9 Å². The van der Waals surface area contributed by atoms with E-state index < -0.39 is 18.1 Å². The third kappa shape index (κ3) is 6.88. The molecule has 8 heteroatoms. The van der Waals surface area contributed by atoms with E-state index >= 15 is 0 Å². The predicted molar refractivity (Wildman–Crippen MR) is 143 cm³/mol. The molecule has 1 saturated heterocycles. The molecule has 38 heavy (non-hydrogen) atoms. The van der Waals surface area contributed by atoms with Crippen molar-refractivity contribution < 1.29 is 17.9 Å². The van der Waals surface area contributed by atoms with Crippen LogP contribution in [0.4, 0.5) is 18.9 Å². The van der Waals surface area contributed by atoms with E-state index in [2.05, 4.69) is 35.1 Å². The molecule has 5 nitrogen and oxygen atoms in total. The summed E-state index contributed by atoms with van der Waals surface area (Å²) < 4.78 is 47.0. The first-order chi connectivity index (χ1) is 18.1. The van der Waals surface area contributed by atoms with Gasteiger partial charge in [0, 0.05) is 24.1 Å². The SMILES string of the molecule is CC(CC1CCOCC1)c1ccc2c(c1)cc(C#CCNc1ccc(C(C)(C)C#N)nc1)n2CC(F)(F)F. The van der Waals surface area contributed by atoms with Crippen molar-refractivity contribution in [2.45, 2.75) is 64.1 Å². The first-order valence-corrected chi connectivity index (χ1v) is 12.9. The van der Waals surface area contributed by atoms with Gasteiger partial charge in [-0.3, -0.25) is 4.98 Å². The maximum Gasteiger partial charge on any atom is 0.406 e. The molecule has 0 amide bonds. The van der Waals surface area contributed by atoms with Crippen molar-refractivity contribution in [3.05, 3.63) is 59.5 Å². The molecule has 1 aromatic carbocycles. The van der Waals surface area contributed by atoms with Crippen LogP contribution in [0.25, 0.3) is 10.9 Å². The van der Waals surface area contributed by atoms with Gasteiger partial charge in [0.2, 0.25) is 0 Å². The summed E-state index contributed by atoms with van der Waals surface area (Å²) in [6.07, 6.45) is 0.418. The number of pyridine rings is 1. The number of ether oxygens (including phenoxy) is 1. The first-order valence-electron chi connectivity index (χ1n) is 12.9. The second-order valence-electron chi connectivity index (χ2n) is 10.6. The fourth-order valence-electron chi connectivity index (χ4n) is 4.87. The fraction of sp³-hybridized carbons (Fsp3) is 0.467. The topological polar surface area (TPSA) is 62.9 Å². The second kappa shape index (κ2) is 11.5. The Morgan fingerprint density at radius 2 is 1.92 bits per heavy atom. The summed E-state index contributed by atoms with van der Waals surface area (Å²) in [7, 11) is 0. The largest absolute Gasteiger partial charge is 0.406 e. The zero-order chi connectivity index (χ0) is 27.3. The van der Waals surface area contributed by atoms with E-state index in [-0.39, 0.29) is 6.54 Å². The molecule has 1 aliphatic heterocycles. The van der Waals surface area contributed by atoms with Crippen LogP contribution in [0.3, 0.4) is 0 Å². The van der Waals surface area contributed by atoms with Crippen LogP contribution in [-0.2, 0) is 16.7 Å². The molecule has 1 N–H and O–H groups in total. The van der Waals surface area contributed by atoms with Gasteiger partial charge in [-0.2, -0.15) is 18.4 Å². The lowest BCUT2D eigenvalue weighted by Gasteiger charge is -2.25. The first kappa shape index (κ1) is 27.5. The molecule has 0 aliphatic carbocycles. The van der Waals surface area contributed by atoms with Gasteiger partial charge >= 0.3 is 6.18 Å². The lowest BCUT2D eigenvalue weighted by Crippen LogP contribution is -2.18. The van der Waals surface area contributed by atoms with E-state index in [4.69, 9.17) is 4.74 Å². The average Bonchev–Trinajstić information content (AvgIpc) is 3.22. The van der Waals surface area contributed by atoms with Crippen LogP contribution in [0, 0.1) is 29.1 Å². The van der Waals surface area contributed by atoms with E-state index in [0.29, 0.717) is 28.7 Å². The van der Waals surface area contributed by atoms with Crippen LogP contribution in [-0.4, -0.2) is 35.5 Å². The quantitative estimate of drug-likeness (QED) is 0.347. The van der Waals surface area contributed by atoms with Crippen molar-refractivity contribution in [2.24, 2.45) is 5.92 Å². The van der Waals surface area contributed by atoms with Gasteiger partial charge in [-0.15, -0.1) is 0 Å². The number of aromatic nitrogens is 2. The smallest absolute Gasteiger partial charge is 0.381 e. The van der Waals surface area contributed by atoms with E-state index in [1.807, 2.05) is 18.2 Å². The number of anilines is 1. The van der Waals surface area contributed by atoms with E-state index in [1.165, 1.54) is 4.57 Å². The Bertz CT molecular complexity index is 1350. The molecule has 0 radical (unpaired) electrons. The minimum atomic E-state index is -4.36. The molecule has 3 aromatic rings. The number of hydrogen-bond donors (Lipinski definition) is 1. The van der Waals surface area contributed by atoms with Crippen molar-refractivity contribution in [3.63, 3.8) is 0 Å². The second-order valence-corrected chi connectivity index (χ2v) is 10.6. The lowest BCUT2D eigenvalue weighted by molar-refractivity contribution is -0.140. The van der Waals surface area contributed by atoms with E-state index in [9.17, 15) is 18.4 Å². The normalized spacial score (nSPS) is 15.5. The van der Waals surface area contributed by atoms with Gasteiger partial charge in [-0.25, -0.2) is 0 Å². The number of fused-ring (bicyclic) bond motifs is 1. The molecule has 3 heterocycles. The van der Waals surface area contributed by atoms with Crippen LogP contribution < -0.4 is 5.32 Å². The van der Waals surface area contributed by atoms with Gasteiger partial charge in [0.1, 0.15) is 6.54 Å². The average molecular weight is 523 g/mol. The van der Waals surface area contributed by atoms with Gasteiger partial charge in [-0.05, 0) is 86.8 Å². The highest BCUT2D eigenvalue weighted by atomic mass is 19.4. The molecule has 2 aromatic heterocycles. The standard InChI is InChI=1S/C30H33F3N4O/c1-21(15-22-10-13-38-14-11-22)23-6-8-27-24(16-23)17-26(37(27)20-30(31,32)33)5-4-12-35-25-7-9-28(36-18-25)29(2,3)19-34/h6-9,16-18,21-22,35H,10-15,20H2,1-3H3. The maximum absolute atomic E-state index is 13.4. The summed E-state index contributed by atoms with van der Waals surface area (Å²) in [6.45, 7) is 6.52. The molecule has 0 spiro atoms. The van der Waals surface area contributed by atoms with Gasteiger partial charge < -0.3 is 14.6 Å². The van der Waals surface area contributed by atoms with Crippen molar-refractivity contribution in [2.75, 3.05) is 25.1 Å². The number of nitrogens with zero attached hydrogens (tertiary/aromatic N) is 3. The number of benzene rings is 1. The van der Waals surface area contributed by atoms with Crippen molar-refractivity contribution >= 4 is 16.6 Å². The lowest BCUT2D eigenvalue weighted by atomic mass is 9.86. The predicted octanol–water partition coefficient (Wildman–Crippen LogP) is 6.78. The summed E-state index contributed by atoms with van der Waals surface area (Å²) in [5.74, 6) is 6.80. The van der Waals surface area contributed by atoms with E-state index in [0.717, 1.165) is 49.1 Å². The Morgan fingerprint density at radius 1 is 1.16 bits per heavy atom. The highest BCUT2D eigenvalue weighted by Gasteiger charge is 2.30. The Morgan fingerprint density at radius 3 is 2.58 bits per heavy atom. The van der Waals surface area contributed by atoms with Crippen LogP contribution in [0.2, 0.25) is 0 Å². The van der Waals surface area contributed by atoms with Crippen LogP contribution in [0.15, 0.2) is 42.6 Å². The molecule has 4 rings (SSSR count). The Hall–Kier alpha value is -3.49. The van der Waals surface area contributed by atoms with Gasteiger partial charge in [0.05, 0.1) is 41.3 Å². The van der Waals surface area contributed by atoms with Crippen LogP contribution in [0.1, 0.15) is 62.9 Å². The fourth-order valence-corrected chi connectivity index (χ4v) is 4.87. The third-order valence-corrected chi connectivity index (χ3v) is 7.14. The van der Waals surface area contributed by atoms with Gasteiger partial charge in [0.15, 0.2) is 0 Å². The Labute approximate surface area is 222 Å². The molecule has 200 valence electrons. The molecule has 0 saturated carbocycles. The van der Waals surface area contributed by atoms with Crippen molar-refractivity contribution in [1.29, 1.82) is 5.26 Å². The summed E-state index contributed by atoms with van der Waals surface area (Å²) >= 11 is 0. The summed E-state index contributed by atoms with van der Waals surface area (Å²) in [4.78, 5) is 4.33. The third-order valence-electron chi connectivity index (χ3n) is 7.14. The van der Waals surface area contributed by atoms with Crippen molar-refractivity contribution in [1.82, 2.24) is 9.55 Å². The number of nitrogens with one attached hydrogen (secondary N) is 1. The zero-order valence-corrected chi connectivity index (χ0v) is 22.0. The Kier molecular flexibility index (Phi) is 8.33. The van der Waals surface area contributed by atoms with E-state index in [1.54, 1.807) is 38.2 Å². The number of alkyl halides is 3. The number of hydrogen-bond acceptors (Lipinski definition) is 4. The molecule has 0 bridgehead atoms. The van der Waals surface area contributed by atoms with Gasteiger partial charge in [0.25, 0.3) is 0 Å². The molecule has 1 unspecified atom stereocenters. The Balaban J connectivity index is 1.51. The summed E-state index contributed by atoms with van der Waals surface area (Å²) in [5.41, 5.74) is 2.68.